The summed E-state index contributed by atoms with van der Waals surface area (Å²) in [5, 5.41) is 0. The number of hydrogen-bond donors (Lipinski definition) is 0. The fourth-order valence-corrected chi connectivity index (χ4v) is 5.21. The van der Waals surface area contributed by atoms with Gasteiger partial charge < -0.3 is 9.30 Å². The predicted octanol–water partition coefficient (Wildman–Crippen LogP) is 2.45. The second-order valence-electron chi connectivity index (χ2n) is 6.47. The molecule has 0 saturated carbocycles. The summed E-state index contributed by atoms with van der Waals surface area (Å²) in [5.41, 5.74) is 0.772. The molecular weight excluding hydrogens is 431 g/mol. The van der Waals surface area contributed by atoms with Crippen molar-refractivity contribution >= 4 is 43.3 Å². The molecule has 0 radical (unpaired) electrons. The summed E-state index contributed by atoms with van der Waals surface area (Å²) in [4.78, 5) is 28.1. The second kappa shape index (κ2) is 9.31. The monoisotopic (exact) mass is 450 g/mol. The van der Waals surface area contributed by atoms with Crippen LogP contribution >= 0.6 is 11.3 Å². The molecule has 0 bridgehead atoms. The van der Waals surface area contributed by atoms with Gasteiger partial charge in [-0.15, -0.1) is 0 Å². The minimum absolute atomic E-state index is 0.103. The number of ether oxygens (including phenoxy) is 1. The van der Waals surface area contributed by atoms with E-state index in [1.54, 1.807) is 36.4 Å². The Bertz CT molecular complexity index is 1250. The Balaban J connectivity index is 1.83. The second-order valence-corrected chi connectivity index (χ2v) is 9.66. The van der Waals surface area contributed by atoms with Crippen molar-refractivity contribution in [2.24, 2.45) is 4.99 Å². The number of esters is 1. The van der Waals surface area contributed by atoms with E-state index in [9.17, 15) is 22.4 Å². The largest absolute Gasteiger partial charge is 0.468 e. The third-order valence-corrected chi connectivity index (χ3v) is 6.89. The van der Waals surface area contributed by atoms with Gasteiger partial charge in [0.15, 0.2) is 14.6 Å². The predicted molar refractivity (Wildman–Crippen MR) is 111 cm³/mol. The van der Waals surface area contributed by atoms with E-state index in [0.717, 1.165) is 11.3 Å². The fraction of sp³-hybridized carbons (Fsp3) is 0.250. The van der Waals surface area contributed by atoms with E-state index >= 15 is 0 Å². The van der Waals surface area contributed by atoms with Crippen molar-refractivity contribution < 1.29 is 27.1 Å². The highest BCUT2D eigenvalue weighted by molar-refractivity contribution is 7.90. The molecular formula is C20H19FN2O5S2. The van der Waals surface area contributed by atoms with Crippen LogP contribution < -0.4 is 4.80 Å². The highest BCUT2D eigenvalue weighted by Gasteiger charge is 2.17. The lowest BCUT2D eigenvalue weighted by Gasteiger charge is -2.04. The number of carbonyl (C=O) groups is 2. The molecule has 0 unspecified atom stereocenters. The van der Waals surface area contributed by atoms with Crippen LogP contribution in [0.15, 0.2) is 53.5 Å². The standard InChI is InChI=1S/C20H19FN2O5S2/c1-28-18(25)12-23-19-15(21)8-5-9-16(19)29-20(23)22-17(24)10-11-30(26,27)13-14-6-3-2-4-7-14/h2-9H,10-13H2,1H3. The number of sulfone groups is 1. The van der Waals surface area contributed by atoms with Crippen LogP contribution in [0.4, 0.5) is 4.39 Å². The van der Waals surface area contributed by atoms with Gasteiger partial charge in [-0.1, -0.05) is 47.7 Å². The molecule has 158 valence electrons. The Morgan fingerprint density at radius 3 is 2.57 bits per heavy atom. The van der Waals surface area contributed by atoms with Gasteiger partial charge in [0.1, 0.15) is 12.4 Å². The number of benzene rings is 2. The first-order chi connectivity index (χ1) is 14.3. The van der Waals surface area contributed by atoms with Crippen molar-refractivity contribution in [3.63, 3.8) is 0 Å². The summed E-state index contributed by atoms with van der Waals surface area (Å²) in [5.74, 6) is -2.39. The number of aromatic nitrogens is 1. The Kier molecular flexibility index (Phi) is 6.78. The molecule has 1 aromatic heterocycles. The number of nitrogens with zero attached hydrogens (tertiary/aromatic N) is 2. The van der Waals surface area contributed by atoms with Gasteiger partial charge in [0.05, 0.1) is 28.8 Å². The van der Waals surface area contributed by atoms with E-state index in [1.165, 1.54) is 23.8 Å². The molecule has 7 nitrogen and oxygen atoms in total. The summed E-state index contributed by atoms with van der Waals surface area (Å²) in [6.45, 7) is -0.324. The molecule has 3 rings (SSSR count). The van der Waals surface area contributed by atoms with Gasteiger partial charge in [-0.2, -0.15) is 4.99 Å². The number of rotatable bonds is 7. The molecule has 0 aliphatic rings. The van der Waals surface area contributed by atoms with Crippen LogP contribution in [-0.2, 0) is 36.5 Å². The molecule has 1 amide bonds. The molecule has 2 aromatic carbocycles. The summed E-state index contributed by atoms with van der Waals surface area (Å²) in [6.07, 6.45) is -0.315. The smallest absolute Gasteiger partial charge is 0.325 e. The molecule has 30 heavy (non-hydrogen) atoms. The molecule has 0 atom stereocenters. The molecule has 0 fully saturated rings. The molecule has 0 saturated heterocycles. The van der Waals surface area contributed by atoms with Crippen LogP contribution in [0.25, 0.3) is 10.2 Å². The Hall–Kier alpha value is -2.85. The van der Waals surface area contributed by atoms with Crippen LogP contribution in [0.3, 0.4) is 0 Å². The van der Waals surface area contributed by atoms with Gasteiger partial charge >= 0.3 is 5.97 Å². The molecule has 1 heterocycles. The van der Waals surface area contributed by atoms with Crippen LogP contribution in [0, 0.1) is 5.82 Å². The number of thiazole rings is 1. The zero-order valence-corrected chi connectivity index (χ0v) is 17.7. The zero-order valence-electron chi connectivity index (χ0n) is 16.1. The average Bonchev–Trinajstić information content (AvgIpc) is 3.05. The molecule has 0 N–H and O–H groups in total. The van der Waals surface area contributed by atoms with Gasteiger partial charge in [0.25, 0.3) is 0 Å². The molecule has 0 aliphatic heterocycles. The molecule has 10 heteroatoms. The molecule has 0 aliphatic carbocycles. The maximum absolute atomic E-state index is 14.3. The zero-order chi connectivity index (χ0) is 21.7. The first-order valence-corrected chi connectivity index (χ1v) is 11.6. The quantitative estimate of drug-likeness (QED) is 0.516. The lowest BCUT2D eigenvalue weighted by molar-refractivity contribution is -0.141. The van der Waals surface area contributed by atoms with Gasteiger partial charge in [-0.25, -0.2) is 12.8 Å². The number of para-hydroxylation sites is 1. The minimum Gasteiger partial charge on any atom is -0.468 e. The van der Waals surface area contributed by atoms with E-state index in [-0.39, 0.29) is 34.8 Å². The van der Waals surface area contributed by atoms with E-state index < -0.39 is 27.5 Å². The van der Waals surface area contributed by atoms with E-state index in [1.807, 2.05) is 0 Å². The van der Waals surface area contributed by atoms with Crippen molar-refractivity contribution in [3.05, 3.63) is 64.7 Å². The van der Waals surface area contributed by atoms with Crippen molar-refractivity contribution in [1.29, 1.82) is 0 Å². The Labute approximate surface area is 176 Å². The SMILES string of the molecule is COC(=O)Cn1c(=NC(=O)CCS(=O)(=O)Cc2ccccc2)sc2cccc(F)c21. The molecule has 0 spiro atoms. The van der Waals surface area contributed by atoms with Crippen molar-refractivity contribution in [2.45, 2.75) is 18.7 Å². The Morgan fingerprint density at radius 2 is 1.87 bits per heavy atom. The summed E-state index contributed by atoms with van der Waals surface area (Å²) in [7, 11) is -2.30. The van der Waals surface area contributed by atoms with Crippen LogP contribution in [-0.4, -0.2) is 37.7 Å². The highest BCUT2D eigenvalue weighted by Crippen LogP contribution is 2.20. The van der Waals surface area contributed by atoms with Crippen LogP contribution in [0.1, 0.15) is 12.0 Å². The lowest BCUT2D eigenvalue weighted by atomic mass is 10.2. The van der Waals surface area contributed by atoms with E-state index in [2.05, 4.69) is 9.73 Å². The normalized spacial score (nSPS) is 12.3. The van der Waals surface area contributed by atoms with Crippen LogP contribution in [0.2, 0.25) is 0 Å². The third kappa shape index (κ3) is 5.39. The number of methoxy groups -OCH3 is 1. The van der Waals surface area contributed by atoms with Gasteiger partial charge in [-0.05, 0) is 17.7 Å². The maximum Gasteiger partial charge on any atom is 0.325 e. The lowest BCUT2D eigenvalue weighted by Crippen LogP contribution is -2.23. The van der Waals surface area contributed by atoms with E-state index in [0.29, 0.717) is 10.3 Å². The summed E-state index contributed by atoms with van der Waals surface area (Å²) >= 11 is 1.03. The van der Waals surface area contributed by atoms with Crippen molar-refractivity contribution in [1.82, 2.24) is 4.57 Å². The first-order valence-electron chi connectivity index (χ1n) is 8.95. The number of halogens is 1. The number of carbonyl (C=O) groups excluding carboxylic acids is 2. The topological polar surface area (TPSA) is 94.8 Å². The highest BCUT2D eigenvalue weighted by atomic mass is 32.2. The average molecular weight is 451 g/mol. The van der Waals surface area contributed by atoms with Crippen molar-refractivity contribution in [2.75, 3.05) is 12.9 Å². The fourth-order valence-electron chi connectivity index (χ4n) is 2.82. The van der Waals surface area contributed by atoms with Crippen molar-refractivity contribution in [3.8, 4) is 0 Å². The van der Waals surface area contributed by atoms with E-state index in [4.69, 9.17) is 0 Å². The maximum atomic E-state index is 14.3. The molecule has 3 aromatic rings. The first kappa shape index (κ1) is 21.8. The third-order valence-electron chi connectivity index (χ3n) is 4.24. The van der Waals surface area contributed by atoms with Gasteiger partial charge in [0.2, 0.25) is 5.91 Å². The van der Waals surface area contributed by atoms with Crippen LogP contribution in [0.5, 0.6) is 0 Å². The van der Waals surface area contributed by atoms with Gasteiger partial charge in [0, 0.05) is 6.42 Å². The number of fused-ring (bicyclic) bond motifs is 1. The summed E-state index contributed by atoms with van der Waals surface area (Å²) < 4.78 is 45.3. The van der Waals surface area contributed by atoms with Gasteiger partial charge in [-0.3, -0.25) is 9.59 Å². The number of amides is 1. The summed E-state index contributed by atoms with van der Waals surface area (Å²) in [6, 6.07) is 13.1. The minimum atomic E-state index is -3.50. The Morgan fingerprint density at radius 1 is 1.13 bits per heavy atom. The number of hydrogen-bond acceptors (Lipinski definition) is 6.